The molecular formula is C15H19NO3S. The second-order valence-electron chi connectivity index (χ2n) is 5.20. The van der Waals surface area contributed by atoms with E-state index in [2.05, 4.69) is 17.2 Å². The van der Waals surface area contributed by atoms with Crippen molar-refractivity contribution in [1.29, 1.82) is 0 Å². The minimum absolute atomic E-state index is 0.0506. The Morgan fingerprint density at radius 3 is 2.60 bits per heavy atom. The third-order valence-electron chi connectivity index (χ3n) is 2.08. The Morgan fingerprint density at radius 2 is 2.05 bits per heavy atom. The molecule has 0 atom stereocenters. The molecule has 0 unspecified atom stereocenters. The number of rotatable bonds is 3. The molecule has 1 rings (SSSR count). The van der Waals surface area contributed by atoms with Crippen LogP contribution in [0.3, 0.4) is 0 Å². The lowest BCUT2D eigenvalue weighted by Crippen LogP contribution is -2.32. The number of hydrogen-bond acceptors (Lipinski definition) is 4. The van der Waals surface area contributed by atoms with Gasteiger partial charge in [0.25, 0.3) is 0 Å². The molecule has 0 spiro atoms. The van der Waals surface area contributed by atoms with E-state index in [0.717, 1.165) is 4.88 Å². The lowest BCUT2D eigenvalue weighted by Gasteiger charge is -2.19. The smallest absolute Gasteiger partial charge is 0.407 e. The van der Waals surface area contributed by atoms with Crippen LogP contribution in [0.15, 0.2) is 12.1 Å². The van der Waals surface area contributed by atoms with Gasteiger partial charge in [0.05, 0.1) is 9.75 Å². The molecule has 0 aliphatic carbocycles. The van der Waals surface area contributed by atoms with Gasteiger partial charge in [0.15, 0.2) is 5.78 Å². The molecule has 20 heavy (non-hydrogen) atoms. The van der Waals surface area contributed by atoms with Crippen molar-refractivity contribution in [2.45, 2.75) is 39.7 Å². The van der Waals surface area contributed by atoms with Gasteiger partial charge < -0.3 is 10.1 Å². The zero-order valence-corrected chi connectivity index (χ0v) is 13.0. The van der Waals surface area contributed by atoms with E-state index in [4.69, 9.17) is 4.74 Å². The van der Waals surface area contributed by atoms with Crippen LogP contribution in [0.1, 0.15) is 48.7 Å². The van der Waals surface area contributed by atoms with E-state index < -0.39 is 11.7 Å². The molecule has 0 saturated carbocycles. The Bertz CT molecular complexity index is 543. The van der Waals surface area contributed by atoms with E-state index >= 15 is 0 Å². The molecule has 1 heterocycles. The van der Waals surface area contributed by atoms with Crippen molar-refractivity contribution >= 4 is 23.2 Å². The standard InChI is InChI=1S/C15H19NO3S/c1-11(17)13-9-8-12(20-13)7-5-6-10-16-14(18)19-15(2,3)4/h8-9H,6,10H2,1-4H3,(H,16,18). The number of ketones is 1. The molecule has 1 amide bonds. The zero-order valence-electron chi connectivity index (χ0n) is 12.2. The second-order valence-corrected chi connectivity index (χ2v) is 6.28. The van der Waals surface area contributed by atoms with Gasteiger partial charge in [-0.15, -0.1) is 11.3 Å². The van der Waals surface area contributed by atoms with Gasteiger partial charge in [0.1, 0.15) is 5.60 Å². The molecule has 0 bridgehead atoms. The monoisotopic (exact) mass is 293 g/mol. The fourth-order valence-corrected chi connectivity index (χ4v) is 2.06. The molecule has 0 aliphatic heterocycles. The predicted octanol–water partition coefficient (Wildman–Crippen LogP) is 3.22. The SMILES string of the molecule is CC(=O)c1ccc(C#CCCNC(=O)OC(C)(C)C)s1. The van der Waals surface area contributed by atoms with E-state index in [0.29, 0.717) is 17.8 Å². The molecule has 0 fully saturated rings. The maximum atomic E-state index is 11.4. The number of nitrogens with one attached hydrogen (secondary N) is 1. The normalized spacial score (nSPS) is 10.4. The molecule has 0 saturated heterocycles. The van der Waals surface area contributed by atoms with Gasteiger partial charge in [-0.3, -0.25) is 4.79 Å². The van der Waals surface area contributed by atoms with Crippen molar-refractivity contribution in [3.63, 3.8) is 0 Å². The lowest BCUT2D eigenvalue weighted by atomic mass is 10.2. The van der Waals surface area contributed by atoms with Crippen molar-refractivity contribution in [2.75, 3.05) is 6.54 Å². The summed E-state index contributed by atoms with van der Waals surface area (Å²) in [6.07, 6.45) is 0.0984. The van der Waals surface area contributed by atoms with Gasteiger partial charge in [0.2, 0.25) is 0 Å². The van der Waals surface area contributed by atoms with Crippen LogP contribution in [0.4, 0.5) is 4.79 Å². The van der Waals surface area contributed by atoms with E-state index in [1.807, 2.05) is 26.8 Å². The highest BCUT2D eigenvalue weighted by Crippen LogP contribution is 2.15. The third kappa shape index (κ3) is 6.39. The van der Waals surface area contributed by atoms with Gasteiger partial charge in [-0.1, -0.05) is 11.8 Å². The first-order chi connectivity index (χ1) is 9.28. The summed E-state index contributed by atoms with van der Waals surface area (Å²) in [5.74, 6) is 5.97. The number of Topliss-reactive ketones (excluding diaryl/α,β-unsaturated/α-hetero) is 1. The summed E-state index contributed by atoms with van der Waals surface area (Å²) < 4.78 is 5.10. The Kier molecular flexibility index (Phi) is 5.78. The van der Waals surface area contributed by atoms with Crippen LogP contribution < -0.4 is 5.32 Å². The van der Waals surface area contributed by atoms with Crippen molar-refractivity contribution in [3.8, 4) is 11.8 Å². The van der Waals surface area contributed by atoms with Crippen LogP contribution >= 0.6 is 11.3 Å². The molecule has 1 aromatic heterocycles. The van der Waals surface area contributed by atoms with Crippen LogP contribution in [0.5, 0.6) is 0 Å². The first kappa shape index (κ1) is 16.3. The zero-order chi connectivity index (χ0) is 15.2. The van der Waals surface area contributed by atoms with Gasteiger partial charge in [-0.2, -0.15) is 0 Å². The predicted molar refractivity (Wildman–Crippen MR) is 80.1 cm³/mol. The van der Waals surface area contributed by atoms with Crippen molar-refractivity contribution < 1.29 is 14.3 Å². The average molecular weight is 293 g/mol. The molecule has 1 N–H and O–H groups in total. The van der Waals surface area contributed by atoms with Gasteiger partial charge in [-0.05, 0) is 39.8 Å². The number of alkyl carbamates (subject to hydrolysis) is 1. The average Bonchev–Trinajstić information content (AvgIpc) is 2.75. The topological polar surface area (TPSA) is 55.4 Å². The van der Waals surface area contributed by atoms with Crippen LogP contribution in [0.25, 0.3) is 0 Å². The summed E-state index contributed by atoms with van der Waals surface area (Å²) >= 11 is 1.38. The van der Waals surface area contributed by atoms with E-state index in [9.17, 15) is 9.59 Å². The van der Waals surface area contributed by atoms with Crippen molar-refractivity contribution in [2.24, 2.45) is 0 Å². The maximum Gasteiger partial charge on any atom is 0.407 e. The fraction of sp³-hybridized carbons (Fsp3) is 0.467. The minimum Gasteiger partial charge on any atom is -0.444 e. The van der Waals surface area contributed by atoms with Crippen LogP contribution in [-0.2, 0) is 4.74 Å². The summed E-state index contributed by atoms with van der Waals surface area (Å²) in [4.78, 5) is 24.0. The first-order valence-corrected chi connectivity index (χ1v) is 7.16. The molecule has 0 aliphatic rings. The highest BCUT2D eigenvalue weighted by Gasteiger charge is 2.15. The summed E-state index contributed by atoms with van der Waals surface area (Å²) in [7, 11) is 0. The Balaban J connectivity index is 2.33. The highest BCUT2D eigenvalue weighted by atomic mass is 32.1. The van der Waals surface area contributed by atoms with E-state index in [1.54, 1.807) is 6.07 Å². The van der Waals surface area contributed by atoms with Gasteiger partial charge in [-0.25, -0.2) is 4.79 Å². The van der Waals surface area contributed by atoms with Gasteiger partial charge in [0, 0.05) is 13.0 Å². The molecule has 108 valence electrons. The Labute approximate surface area is 123 Å². The maximum absolute atomic E-state index is 11.4. The lowest BCUT2D eigenvalue weighted by molar-refractivity contribution is 0.0529. The molecule has 1 aromatic rings. The quantitative estimate of drug-likeness (QED) is 0.529. The van der Waals surface area contributed by atoms with Crippen molar-refractivity contribution in [1.82, 2.24) is 5.32 Å². The van der Waals surface area contributed by atoms with E-state index in [-0.39, 0.29) is 5.78 Å². The Hall–Kier alpha value is -1.80. The summed E-state index contributed by atoms with van der Waals surface area (Å²) in [6, 6.07) is 3.60. The highest BCUT2D eigenvalue weighted by molar-refractivity contribution is 7.14. The second kappa shape index (κ2) is 7.11. The van der Waals surface area contributed by atoms with Crippen LogP contribution in [0.2, 0.25) is 0 Å². The largest absolute Gasteiger partial charge is 0.444 e. The minimum atomic E-state index is -0.490. The number of carbonyl (C=O) groups is 2. The summed E-state index contributed by atoms with van der Waals surface area (Å²) in [6.45, 7) is 7.42. The summed E-state index contributed by atoms with van der Waals surface area (Å²) in [5.41, 5.74) is -0.490. The molecule has 0 aromatic carbocycles. The number of hydrogen-bond donors (Lipinski definition) is 1. The van der Waals surface area contributed by atoms with E-state index in [1.165, 1.54) is 18.3 Å². The van der Waals surface area contributed by atoms with Crippen molar-refractivity contribution in [3.05, 3.63) is 21.9 Å². The number of amides is 1. The number of carbonyl (C=O) groups excluding carboxylic acids is 2. The Morgan fingerprint density at radius 1 is 1.35 bits per heavy atom. The van der Waals surface area contributed by atoms with Crippen LogP contribution in [0, 0.1) is 11.8 Å². The third-order valence-corrected chi connectivity index (χ3v) is 3.18. The number of thiophene rings is 1. The molecule has 0 radical (unpaired) electrons. The molecule has 5 heteroatoms. The number of ether oxygens (including phenoxy) is 1. The van der Waals surface area contributed by atoms with Crippen LogP contribution in [-0.4, -0.2) is 24.0 Å². The van der Waals surface area contributed by atoms with Gasteiger partial charge >= 0.3 is 6.09 Å². The molecular weight excluding hydrogens is 274 g/mol. The summed E-state index contributed by atoms with van der Waals surface area (Å²) in [5, 5.41) is 2.63. The molecule has 4 nitrogen and oxygen atoms in total. The fourth-order valence-electron chi connectivity index (χ4n) is 1.29. The first-order valence-electron chi connectivity index (χ1n) is 6.34.